The molecule has 1 amide bonds. The van der Waals surface area contributed by atoms with Gasteiger partial charge in [0.15, 0.2) is 5.13 Å². The topological polar surface area (TPSA) is 77.2 Å². The first-order valence-corrected chi connectivity index (χ1v) is 6.82. The van der Waals surface area contributed by atoms with Gasteiger partial charge in [-0.05, 0) is 18.6 Å². The molecule has 0 saturated carbocycles. The largest absolute Gasteiger partial charge is 0.493 e. The minimum Gasteiger partial charge on any atom is -0.493 e. The lowest BCUT2D eigenvalue weighted by atomic mass is 10.1. The number of hydrogen-bond donors (Lipinski definition) is 2. The predicted octanol–water partition coefficient (Wildman–Crippen LogP) is 2.77. The fourth-order valence-corrected chi connectivity index (χ4v) is 2.03. The minimum absolute atomic E-state index is 0.249. The van der Waals surface area contributed by atoms with E-state index in [1.165, 1.54) is 11.3 Å². The van der Waals surface area contributed by atoms with E-state index in [1.54, 1.807) is 29.8 Å². The Labute approximate surface area is 115 Å². The van der Waals surface area contributed by atoms with Crippen LogP contribution in [0.25, 0.3) is 0 Å². The molecule has 0 saturated heterocycles. The molecule has 0 bridgehead atoms. The number of ether oxygens (including phenoxy) is 1. The number of aromatic nitrogens is 1. The summed E-state index contributed by atoms with van der Waals surface area (Å²) in [5, 5.41) is 5.08. The average Bonchev–Trinajstić information content (AvgIpc) is 2.89. The Morgan fingerprint density at radius 2 is 2.37 bits per heavy atom. The highest BCUT2D eigenvalue weighted by molar-refractivity contribution is 7.13. The molecule has 100 valence electrons. The molecule has 1 aromatic carbocycles. The molecule has 0 fully saturated rings. The van der Waals surface area contributed by atoms with Gasteiger partial charge in [0.2, 0.25) is 0 Å². The van der Waals surface area contributed by atoms with E-state index in [0.29, 0.717) is 28.7 Å². The summed E-state index contributed by atoms with van der Waals surface area (Å²) in [4.78, 5) is 16.2. The number of rotatable bonds is 5. The van der Waals surface area contributed by atoms with Gasteiger partial charge in [-0.15, -0.1) is 11.3 Å². The van der Waals surface area contributed by atoms with Crippen molar-refractivity contribution < 1.29 is 9.53 Å². The summed E-state index contributed by atoms with van der Waals surface area (Å²) < 4.78 is 5.55. The van der Waals surface area contributed by atoms with Gasteiger partial charge in [0.25, 0.3) is 5.91 Å². The summed E-state index contributed by atoms with van der Waals surface area (Å²) in [7, 11) is 0. The SMILES string of the molecule is CCCOc1cc(N)ccc1C(=O)Nc1nccs1. The van der Waals surface area contributed by atoms with Gasteiger partial charge in [-0.2, -0.15) is 0 Å². The number of anilines is 2. The summed E-state index contributed by atoms with van der Waals surface area (Å²) in [5.41, 5.74) is 6.74. The Balaban J connectivity index is 2.20. The summed E-state index contributed by atoms with van der Waals surface area (Å²) >= 11 is 1.36. The quantitative estimate of drug-likeness (QED) is 0.824. The van der Waals surface area contributed by atoms with Crippen LogP contribution in [0.3, 0.4) is 0 Å². The molecular weight excluding hydrogens is 262 g/mol. The van der Waals surface area contributed by atoms with Gasteiger partial charge < -0.3 is 10.5 Å². The van der Waals surface area contributed by atoms with Crippen LogP contribution in [0.4, 0.5) is 10.8 Å². The monoisotopic (exact) mass is 277 g/mol. The van der Waals surface area contributed by atoms with Crippen molar-refractivity contribution in [3.05, 3.63) is 35.3 Å². The molecule has 6 heteroatoms. The fourth-order valence-electron chi connectivity index (χ4n) is 1.51. The van der Waals surface area contributed by atoms with Gasteiger partial charge in [0, 0.05) is 23.3 Å². The first-order chi connectivity index (χ1) is 9.20. The molecule has 3 N–H and O–H groups in total. The van der Waals surface area contributed by atoms with Gasteiger partial charge >= 0.3 is 0 Å². The zero-order chi connectivity index (χ0) is 13.7. The lowest BCUT2D eigenvalue weighted by Crippen LogP contribution is -2.14. The maximum Gasteiger partial charge on any atom is 0.261 e. The molecule has 0 aliphatic carbocycles. The highest BCUT2D eigenvalue weighted by Gasteiger charge is 2.14. The van der Waals surface area contributed by atoms with E-state index in [2.05, 4.69) is 10.3 Å². The van der Waals surface area contributed by atoms with E-state index in [-0.39, 0.29) is 5.91 Å². The number of nitrogens with one attached hydrogen (secondary N) is 1. The van der Waals surface area contributed by atoms with Crippen molar-refractivity contribution in [1.82, 2.24) is 4.98 Å². The summed E-state index contributed by atoms with van der Waals surface area (Å²) in [6.45, 7) is 2.54. The molecule has 0 atom stereocenters. The van der Waals surface area contributed by atoms with Crippen LogP contribution in [0.15, 0.2) is 29.8 Å². The number of benzene rings is 1. The third-order valence-corrected chi connectivity index (χ3v) is 3.05. The normalized spacial score (nSPS) is 10.2. The second kappa shape index (κ2) is 6.19. The minimum atomic E-state index is -0.249. The van der Waals surface area contributed by atoms with Crippen molar-refractivity contribution in [2.24, 2.45) is 0 Å². The Bertz CT molecular complexity index is 555. The van der Waals surface area contributed by atoms with E-state index in [9.17, 15) is 4.79 Å². The zero-order valence-electron chi connectivity index (χ0n) is 10.6. The third-order valence-electron chi connectivity index (χ3n) is 2.36. The number of carbonyl (C=O) groups is 1. The molecule has 0 aliphatic heterocycles. The summed E-state index contributed by atoms with van der Waals surface area (Å²) in [5.74, 6) is 0.247. The molecular formula is C13H15N3O2S. The second-order valence-electron chi connectivity index (χ2n) is 3.90. The van der Waals surface area contributed by atoms with Gasteiger partial charge in [-0.3, -0.25) is 10.1 Å². The molecule has 19 heavy (non-hydrogen) atoms. The average molecular weight is 277 g/mol. The number of nitrogens with zero attached hydrogens (tertiary/aromatic N) is 1. The van der Waals surface area contributed by atoms with E-state index < -0.39 is 0 Å². The van der Waals surface area contributed by atoms with Crippen molar-refractivity contribution in [3.8, 4) is 5.75 Å². The van der Waals surface area contributed by atoms with Crippen molar-refractivity contribution in [1.29, 1.82) is 0 Å². The molecule has 1 aromatic heterocycles. The predicted molar refractivity (Wildman–Crippen MR) is 76.7 cm³/mol. The van der Waals surface area contributed by atoms with Crippen LogP contribution in [-0.2, 0) is 0 Å². The van der Waals surface area contributed by atoms with E-state index in [4.69, 9.17) is 10.5 Å². The number of amides is 1. The fraction of sp³-hybridized carbons (Fsp3) is 0.231. The molecule has 0 unspecified atom stereocenters. The highest BCUT2D eigenvalue weighted by Crippen LogP contribution is 2.23. The van der Waals surface area contributed by atoms with Gasteiger partial charge in [-0.25, -0.2) is 4.98 Å². The lowest BCUT2D eigenvalue weighted by molar-refractivity contribution is 0.102. The van der Waals surface area contributed by atoms with Gasteiger partial charge in [0.1, 0.15) is 5.75 Å². The smallest absolute Gasteiger partial charge is 0.261 e. The van der Waals surface area contributed by atoms with Crippen LogP contribution in [0.5, 0.6) is 5.75 Å². The van der Waals surface area contributed by atoms with Crippen LogP contribution in [0.2, 0.25) is 0 Å². The zero-order valence-corrected chi connectivity index (χ0v) is 11.4. The van der Waals surface area contributed by atoms with Crippen LogP contribution in [-0.4, -0.2) is 17.5 Å². The number of nitrogens with two attached hydrogens (primary N) is 1. The Kier molecular flexibility index (Phi) is 4.35. The van der Waals surface area contributed by atoms with Crippen molar-refractivity contribution in [2.45, 2.75) is 13.3 Å². The van der Waals surface area contributed by atoms with E-state index in [1.807, 2.05) is 6.92 Å². The van der Waals surface area contributed by atoms with Crippen molar-refractivity contribution >= 4 is 28.1 Å². The van der Waals surface area contributed by atoms with Crippen LogP contribution in [0, 0.1) is 0 Å². The van der Waals surface area contributed by atoms with Crippen molar-refractivity contribution in [3.63, 3.8) is 0 Å². The number of nitrogen functional groups attached to an aromatic ring is 1. The molecule has 1 heterocycles. The third kappa shape index (κ3) is 3.45. The number of hydrogen-bond acceptors (Lipinski definition) is 5. The summed E-state index contributed by atoms with van der Waals surface area (Å²) in [6, 6.07) is 4.99. The van der Waals surface area contributed by atoms with Crippen LogP contribution >= 0.6 is 11.3 Å². The molecule has 5 nitrogen and oxygen atoms in total. The molecule has 0 aliphatic rings. The lowest BCUT2D eigenvalue weighted by Gasteiger charge is -2.11. The Morgan fingerprint density at radius 3 is 3.05 bits per heavy atom. The molecule has 0 spiro atoms. The maximum absolute atomic E-state index is 12.1. The first-order valence-electron chi connectivity index (χ1n) is 5.94. The standard InChI is InChI=1S/C13H15N3O2S/c1-2-6-18-11-8-9(14)3-4-10(11)12(17)16-13-15-5-7-19-13/h3-5,7-8H,2,6,14H2,1H3,(H,15,16,17). The number of carbonyl (C=O) groups excluding carboxylic acids is 1. The Morgan fingerprint density at radius 1 is 1.53 bits per heavy atom. The van der Waals surface area contributed by atoms with E-state index >= 15 is 0 Å². The number of thiazole rings is 1. The maximum atomic E-state index is 12.1. The summed E-state index contributed by atoms with van der Waals surface area (Å²) in [6.07, 6.45) is 2.50. The second-order valence-corrected chi connectivity index (χ2v) is 4.79. The van der Waals surface area contributed by atoms with E-state index in [0.717, 1.165) is 6.42 Å². The van der Waals surface area contributed by atoms with Crippen LogP contribution < -0.4 is 15.8 Å². The molecule has 2 aromatic rings. The molecule has 0 radical (unpaired) electrons. The van der Waals surface area contributed by atoms with Crippen molar-refractivity contribution in [2.75, 3.05) is 17.7 Å². The van der Waals surface area contributed by atoms with Gasteiger partial charge in [0.05, 0.1) is 12.2 Å². The highest BCUT2D eigenvalue weighted by atomic mass is 32.1. The van der Waals surface area contributed by atoms with Gasteiger partial charge in [-0.1, -0.05) is 6.92 Å². The Hall–Kier alpha value is -2.08. The molecule has 2 rings (SSSR count). The first kappa shape index (κ1) is 13.4. The van der Waals surface area contributed by atoms with Crippen LogP contribution in [0.1, 0.15) is 23.7 Å².